The molecule has 100 valence electrons. The largest absolute Gasteiger partial charge is 0.349 e. The molecule has 1 aliphatic rings. The molecule has 0 spiro atoms. The summed E-state index contributed by atoms with van der Waals surface area (Å²) in [4.78, 5) is 6.77. The Morgan fingerprint density at radius 3 is 2.90 bits per heavy atom. The summed E-state index contributed by atoms with van der Waals surface area (Å²) in [6.45, 7) is 3.16. The minimum Gasteiger partial charge on any atom is -0.349 e. The molecule has 2 heterocycles. The summed E-state index contributed by atoms with van der Waals surface area (Å²) in [6.07, 6.45) is 2.07. The molecule has 0 N–H and O–H groups in total. The Balaban J connectivity index is 2.01. The number of nitrogens with zero attached hydrogens (tertiary/aromatic N) is 3. The van der Waals surface area contributed by atoms with Gasteiger partial charge in [-0.1, -0.05) is 37.3 Å². The lowest BCUT2D eigenvalue weighted by atomic mass is 9.91. The minimum absolute atomic E-state index is 0.349. The van der Waals surface area contributed by atoms with Crippen molar-refractivity contribution in [3.8, 4) is 6.07 Å². The van der Waals surface area contributed by atoms with Gasteiger partial charge < -0.3 is 4.90 Å². The number of fused-ring (bicyclic) bond motifs is 1. The first-order valence-corrected chi connectivity index (χ1v) is 7.05. The van der Waals surface area contributed by atoms with E-state index in [-0.39, 0.29) is 0 Å². The molecule has 3 rings (SSSR count). The normalized spacial score (nSPS) is 17.4. The first-order valence-electron chi connectivity index (χ1n) is 7.05. The number of rotatable bonds is 2. The second-order valence-electron chi connectivity index (χ2n) is 5.06. The van der Waals surface area contributed by atoms with Crippen LogP contribution in [0.15, 0.2) is 42.5 Å². The smallest absolute Gasteiger partial charge is 0.142 e. The Morgan fingerprint density at radius 1 is 1.25 bits per heavy atom. The number of aromatic nitrogens is 1. The van der Waals surface area contributed by atoms with Crippen LogP contribution in [0.1, 0.15) is 36.2 Å². The zero-order chi connectivity index (χ0) is 13.9. The molecule has 1 aromatic heterocycles. The summed E-state index contributed by atoms with van der Waals surface area (Å²) in [5.74, 6) is 0.908. The van der Waals surface area contributed by atoms with E-state index in [1.165, 1.54) is 11.1 Å². The Labute approximate surface area is 119 Å². The maximum Gasteiger partial charge on any atom is 0.142 e. The number of nitriles is 1. The van der Waals surface area contributed by atoms with Crippen LogP contribution in [0.4, 0.5) is 5.82 Å². The molecule has 3 nitrogen and oxygen atoms in total. The highest BCUT2D eigenvalue weighted by Crippen LogP contribution is 2.34. The third-order valence-electron chi connectivity index (χ3n) is 3.94. The van der Waals surface area contributed by atoms with E-state index < -0.39 is 0 Å². The van der Waals surface area contributed by atoms with Crippen LogP contribution < -0.4 is 4.90 Å². The molecule has 0 aliphatic carbocycles. The van der Waals surface area contributed by atoms with Crippen molar-refractivity contribution in [2.24, 2.45) is 0 Å². The van der Waals surface area contributed by atoms with Crippen molar-refractivity contribution in [3.05, 3.63) is 59.3 Å². The van der Waals surface area contributed by atoms with Crippen LogP contribution in [0, 0.1) is 11.3 Å². The Kier molecular flexibility index (Phi) is 3.39. The summed E-state index contributed by atoms with van der Waals surface area (Å²) in [5, 5.41) is 9.01. The summed E-state index contributed by atoms with van der Waals surface area (Å²) < 4.78 is 0. The molecule has 1 aromatic carbocycles. The van der Waals surface area contributed by atoms with Crippen molar-refractivity contribution in [2.75, 3.05) is 11.4 Å². The monoisotopic (exact) mass is 263 g/mol. The minimum atomic E-state index is 0.349. The fraction of sp³-hybridized carbons (Fsp3) is 0.294. The summed E-state index contributed by atoms with van der Waals surface area (Å²) in [7, 11) is 0. The van der Waals surface area contributed by atoms with Gasteiger partial charge in [-0.15, -0.1) is 0 Å². The summed E-state index contributed by atoms with van der Waals surface area (Å²) in [6, 6.07) is 16.8. The molecule has 3 heteroatoms. The lowest BCUT2D eigenvalue weighted by Crippen LogP contribution is -2.35. The van der Waals surface area contributed by atoms with Crippen LogP contribution in [0.5, 0.6) is 0 Å². The molecular weight excluding hydrogens is 246 g/mol. The van der Waals surface area contributed by atoms with Crippen LogP contribution >= 0.6 is 0 Å². The summed E-state index contributed by atoms with van der Waals surface area (Å²) in [5.41, 5.74) is 3.31. The van der Waals surface area contributed by atoms with Crippen molar-refractivity contribution in [2.45, 2.75) is 25.8 Å². The number of hydrogen-bond acceptors (Lipinski definition) is 3. The molecule has 0 saturated carbocycles. The van der Waals surface area contributed by atoms with E-state index in [0.29, 0.717) is 11.7 Å². The number of hydrogen-bond donors (Lipinski definition) is 0. The second kappa shape index (κ2) is 5.34. The molecule has 1 unspecified atom stereocenters. The fourth-order valence-corrected chi connectivity index (χ4v) is 3.01. The van der Waals surface area contributed by atoms with Crippen LogP contribution in [0.2, 0.25) is 0 Å². The molecule has 0 fully saturated rings. The van der Waals surface area contributed by atoms with Gasteiger partial charge in [-0.05, 0) is 36.1 Å². The average molecular weight is 263 g/mol. The molecule has 1 atom stereocenters. The first-order chi connectivity index (χ1) is 9.83. The highest BCUT2D eigenvalue weighted by atomic mass is 15.2. The van der Waals surface area contributed by atoms with Gasteiger partial charge in [0.05, 0.1) is 6.04 Å². The van der Waals surface area contributed by atoms with Crippen LogP contribution in [-0.4, -0.2) is 11.5 Å². The zero-order valence-electron chi connectivity index (χ0n) is 11.6. The van der Waals surface area contributed by atoms with Crippen molar-refractivity contribution in [1.82, 2.24) is 4.98 Å². The van der Waals surface area contributed by atoms with E-state index >= 15 is 0 Å². The molecule has 0 bridgehead atoms. The number of benzene rings is 1. The van der Waals surface area contributed by atoms with Gasteiger partial charge in [-0.25, -0.2) is 4.98 Å². The SMILES string of the molecule is CCC1c2ccccc2CCN1c1cccc(C#N)n1. The topological polar surface area (TPSA) is 39.9 Å². The van der Waals surface area contributed by atoms with E-state index in [4.69, 9.17) is 5.26 Å². The van der Waals surface area contributed by atoms with Gasteiger partial charge in [0, 0.05) is 6.54 Å². The van der Waals surface area contributed by atoms with E-state index in [9.17, 15) is 0 Å². The third-order valence-corrected chi connectivity index (χ3v) is 3.94. The van der Waals surface area contributed by atoms with Gasteiger partial charge in [-0.3, -0.25) is 0 Å². The van der Waals surface area contributed by atoms with E-state index in [1.807, 2.05) is 12.1 Å². The van der Waals surface area contributed by atoms with Gasteiger partial charge in [-0.2, -0.15) is 5.26 Å². The second-order valence-corrected chi connectivity index (χ2v) is 5.06. The quantitative estimate of drug-likeness (QED) is 0.833. The Morgan fingerprint density at radius 2 is 2.10 bits per heavy atom. The first kappa shape index (κ1) is 12.7. The maximum absolute atomic E-state index is 9.01. The number of pyridine rings is 1. The average Bonchev–Trinajstić information content (AvgIpc) is 2.53. The molecule has 0 amide bonds. The molecule has 2 aromatic rings. The molecule has 1 aliphatic heterocycles. The molecule has 20 heavy (non-hydrogen) atoms. The van der Waals surface area contributed by atoms with Crippen molar-refractivity contribution in [3.63, 3.8) is 0 Å². The van der Waals surface area contributed by atoms with E-state index in [1.54, 1.807) is 6.07 Å². The standard InChI is InChI=1S/C17H17N3/c1-2-16-15-8-4-3-6-13(15)10-11-20(16)17-9-5-7-14(12-18)19-17/h3-9,16H,2,10-11H2,1H3. The molecule has 0 saturated heterocycles. The fourth-order valence-electron chi connectivity index (χ4n) is 3.01. The van der Waals surface area contributed by atoms with Gasteiger partial charge in [0.1, 0.15) is 17.6 Å². The van der Waals surface area contributed by atoms with Crippen LogP contribution in [-0.2, 0) is 6.42 Å². The lowest BCUT2D eigenvalue weighted by molar-refractivity contribution is 0.562. The van der Waals surface area contributed by atoms with Gasteiger partial charge >= 0.3 is 0 Å². The number of anilines is 1. The van der Waals surface area contributed by atoms with Crippen molar-refractivity contribution in [1.29, 1.82) is 5.26 Å². The zero-order valence-corrected chi connectivity index (χ0v) is 11.6. The Hall–Kier alpha value is -2.34. The predicted octanol–water partition coefficient (Wildman–Crippen LogP) is 3.47. The van der Waals surface area contributed by atoms with Crippen molar-refractivity contribution < 1.29 is 0 Å². The lowest BCUT2D eigenvalue weighted by Gasteiger charge is -2.37. The molecular formula is C17H17N3. The van der Waals surface area contributed by atoms with E-state index in [2.05, 4.69) is 47.1 Å². The van der Waals surface area contributed by atoms with Gasteiger partial charge in [0.2, 0.25) is 0 Å². The highest BCUT2D eigenvalue weighted by Gasteiger charge is 2.26. The van der Waals surface area contributed by atoms with Crippen LogP contribution in [0.25, 0.3) is 0 Å². The summed E-state index contributed by atoms with van der Waals surface area (Å²) >= 11 is 0. The van der Waals surface area contributed by atoms with Crippen LogP contribution in [0.3, 0.4) is 0 Å². The van der Waals surface area contributed by atoms with E-state index in [0.717, 1.165) is 25.2 Å². The highest BCUT2D eigenvalue weighted by molar-refractivity contribution is 5.48. The predicted molar refractivity (Wildman–Crippen MR) is 79.5 cm³/mol. The van der Waals surface area contributed by atoms with Gasteiger partial charge in [0.25, 0.3) is 0 Å². The third kappa shape index (κ3) is 2.14. The Bertz CT molecular complexity index is 657. The van der Waals surface area contributed by atoms with Gasteiger partial charge in [0.15, 0.2) is 0 Å². The molecule has 0 radical (unpaired) electrons. The van der Waals surface area contributed by atoms with Crippen molar-refractivity contribution >= 4 is 5.82 Å². The maximum atomic E-state index is 9.01.